The maximum atomic E-state index is 13.6. The summed E-state index contributed by atoms with van der Waals surface area (Å²) in [5, 5.41) is 2.73. The van der Waals surface area contributed by atoms with Crippen molar-refractivity contribution in [3.63, 3.8) is 0 Å². The van der Waals surface area contributed by atoms with E-state index in [4.69, 9.17) is 9.47 Å². The largest absolute Gasteiger partial charge is 0.493 e. The Balaban J connectivity index is 1.93. The first kappa shape index (κ1) is 23.9. The summed E-state index contributed by atoms with van der Waals surface area (Å²) in [6.07, 6.45) is 0.556. The molecule has 1 N–H and O–H groups in total. The van der Waals surface area contributed by atoms with E-state index < -0.39 is 6.04 Å². The van der Waals surface area contributed by atoms with Crippen molar-refractivity contribution in [2.45, 2.75) is 25.4 Å². The summed E-state index contributed by atoms with van der Waals surface area (Å²) in [5.74, 6) is 0.817. The van der Waals surface area contributed by atoms with Crippen LogP contribution in [0.25, 0.3) is 0 Å². The summed E-state index contributed by atoms with van der Waals surface area (Å²) in [5.41, 5.74) is 2.73. The Bertz CT molecular complexity index is 1050. The third-order valence-electron chi connectivity index (χ3n) is 5.52. The Morgan fingerprint density at radius 3 is 2.00 bits per heavy atom. The van der Waals surface area contributed by atoms with E-state index in [1.165, 1.54) is 0 Å². The van der Waals surface area contributed by atoms with Gasteiger partial charge >= 0.3 is 0 Å². The molecule has 0 saturated carbocycles. The summed E-state index contributed by atoms with van der Waals surface area (Å²) in [6, 6.07) is 24.2. The summed E-state index contributed by atoms with van der Waals surface area (Å²) in [4.78, 5) is 28.2. The SMILES string of the molecule is CNC(=O)[C@@H](Cc1ccccc1)N(Cc1ccccc1)C(=O)Cc1ccc(OC)c(OC)c1. The molecular weight excluding hydrogens is 416 g/mol. The van der Waals surface area contributed by atoms with Crippen molar-refractivity contribution in [2.75, 3.05) is 21.3 Å². The van der Waals surface area contributed by atoms with Crippen molar-refractivity contribution in [1.29, 1.82) is 0 Å². The highest BCUT2D eigenvalue weighted by molar-refractivity contribution is 5.88. The minimum atomic E-state index is -0.648. The second kappa shape index (κ2) is 11.7. The van der Waals surface area contributed by atoms with Crippen LogP contribution in [-0.2, 0) is 29.0 Å². The molecule has 0 bridgehead atoms. The highest BCUT2D eigenvalue weighted by atomic mass is 16.5. The molecule has 0 aliphatic carbocycles. The lowest BCUT2D eigenvalue weighted by Crippen LogP contribution is -2.50. The first-order valence-corrected chi connectivity index (χ1v) is 10.9. The molecular formula is C27H30N2O4. The van der Waals surface area contributed by atoms with Crippen molar-refractivity contribution in [3.8, 4) is 11.5 Å². The van der Waals surface area contributed by atoms with Gasteiger partial charge in [-0.25, -0.2) is 0 Å². The van der Waals surface area contributed by atoms with Gasteiger partial charge in [0.05, 0.1) is 20.6 Å². The van der Waals surface area contributed by atoms with Gasteiger partial charge in [0, 0.05) is 20.0 Å². The van der Waals surface area contributed by atoms with E-state index in [1.54, 1.807) is 38.3 Å². The van der Waals surface area contributed by atoms with Crippen LogP contribution in [0.4, 0.5) is 0 Å². The number of hydrogen-bond acceptors (Lipinski definition) is 4. The fourth-order valence-corrected chi connectivity index (χ4v) is 3.77. The van der Waals surface area contributed by atoms with E-state index in [-0.39, 0.29) is 18.2 Å². The van der Waals surface area contributed by atoms with E-state index in [2.05, 4.69) is 5.32 Å². The molecule has 172 valence electrons. The van der Waals surface area contributed by atoms with Gasteiger partial charge in [-0.05, 0) is 28.8 Å². The lowest BCUT2D eigenvalue weighted by atomic mass is 10.0. The van der Waals surface area contributed by atoms with Crippen molar-refractivity contribution >= 4 is 11.8 Å². The number of carbonyl (C=O) groups is 2. The van der Waals surface area contributed by atoms with Gasteiger partial charge in [-0.3, -0.25) is 9.59 Å². The summed E-state index contributed by atoms with van der Waals surface area (Å²) in [6.45, 7) is 0.331. The molecule has 2 amide bonds. The monoisotopic (exact) mass is 446 g/mol. The van der Waals surface area contributed by atoms with Crippen LogP contribution in [0.2, 0.25) is 0 Å². The molecule has 3 rings (SSSR count). The molecule has 0 aliphatic rings. The minimum Gasteiger partial charge on any atom is -0.493 e. The zero-order valence-electron chi connectivity index (χ0n) is 19.3. The lowest BCUT2D eigenvalue weighted by molar-refractivity contribution is -0.140. The van der Waals surface area contributed by atoms with Crippen LogP contribution in [0, 0.1) is 0 Å². The number of carbonyl (C=O) groups excluding carboxylic acids is 2. The van der Waals surface area contributed by atoms with Crippen LogP contribution in [0.1, 0.15) is 16.7 Å². The number of nitrogens with zero attached hydrogens (tertiary/aromatic N) is 1. The molecule has 0 spiro atoms. The van der Waals surface area contributed by atoms with Gasteiger partial charge in [-0.1, -0.05) is 66.7 Å². The average molecular weight is 447 g/mol. The molecule has 0 aliphatic heterocycles. The molecule has 6 heteroatoms. The fourth-order valence-electron chi connectivity index (χ4n) is 3.77. The Hall–Kier alpha value is -3.80. The number of rotatable bonds is 10. The van der Waals surface area contributed by atoms with Crippen LogP contribution < -0.4 is 14.8 Å². The van der Waals surface area contributed by atoms with E-state index in [9.17, 15) is 9.59 Å². The van der Waals surface area contributed by atoms with Gasteiger partial charge in [0.1, 0.15) is 6.04 Å². The maximum Gasteiger partial charge on any atom is 0.242 e. The van der Waals surface area contributed by atoms with Gasteiger partial charge < -0.3 is 19.7 Å². The van der Waals surface area contributed by atoms with E-state index in [0.717, 1.165) is 16.7 Å². The van der Waals surface area contributed by atoms with Crippen LogP contribution in [-0.4, -0.2) is 44.0 Å². The number of amides is 2. The number of benzene rings is 3. The van der Waals surface area contributed by atoms with Gasteiger partial charge in [0.25, 0.3) is 0 Å². The molecule has 0 radical (unpaired) electrons. The normalized spacial score (nSPS) is 11.4. The molecule has 33 heavy (non-hydrogen) atoms. The van der Waals surface area contributed by atoms with Crippen LogP contribution >= 0.6 is 0 Å². The van der Waals surface area contributed by atoms with Crippen molar-refractivity contribution in [2.24, 2.45) is 0 Å². The van der Waals surface area contributed by atoms with Crippen molar-refractivity contribution < 1.29 is 19.1 Å². The first-order chi connectivity index (χ1) is 16.0. The highest BCUT2D eigenvalue weighted by Gasteiger charge is 2.30. The Morgan fingerprint density at radius 2 is 1.42 bits per heavy atom. The maximum absolute atomic E-state index is 13.6. The highest BCUT2D eigenvalue weighted by Crippen LogP contribution is 2.28. The van der Waals surface area contributed by atoms with Gasteiger partial charge in [-0.15, -0.1) is 0 Å². The quantitative estimate of drug-likeness (QED) is 0.516. The van der Waals surface area contributed by atoms with Crippen LogP contribution in [0.3, 0.4) is 0 Å². The lowest BCUT2D eigenvalue weighted by Gasteiger charge is -2.31. The van der Waals surface area contributed by atoms with E-state index in [1.807, 2.05) is 66.7 Å². The summed E-state index contributed by atoms with van der Waals surface area (Å²) < 4.78 is 10.7. The number of hydrogen-bond donors (Lipinski definition) is 1. The van der Waals surface area contributed by atoms with E-state index in [0.29, 0.717) is 24.5 Å². The molecule has 0 unspecified atom stereocenters. The van der Waals surface area contributed by atoms with Crippen molar-refractivity contribution in [1.82, 2.24) is 10.2 Å². The number of nitrogens with one attached hydrogen (secondary N) is 1. The molecule has 6 nitrogen and oxygen atoms in total. The average Bonchev–Trinajstić information content (AvgIpc) is 2.86. The standard InChI is InChI=1S/C27H30N2O4/c1-28-27(31)23(16-20-10-6-4-7-11-20)29(19-21-12-8-5-9-13-21)26(30)18-22-14-15-24(32-2)25(17-22)33-3/h4-15,17,23H,16,18-19H2,1-3H3,(H,28,31)/t23-/m1/s1. The van der Waals surface area contributed by atoms with Crippen molar-refractivity contribution in [3.05, 3.63) is 95.6 Å². The molecule has 3 aromatic rings. The molecule has 0 fully saturated rings. The van der Waals surface area contributed by atoms with Gasteiger partial charge in [0.2, 0.25) is 11.8 Å². The summed E-state index contributed by atoms with van der Waals surface area (Å²) in [7, 11) is 4.73. The topological polar surface area (TPSA) is 67.9 Å². The van der Waals surface area contributed by atoms with Gasteiger partial charge in [-0.2, -0.15) is 0 Å². The molecule has 0 aromatic heterocycles. The smallest absolute Gasteiger partial charge is 0.242 e. The van der Waals surface area contributed by atoms with Gasteiger partial charge in [0.15, 0.2) is 11.5 Å². The molecule has 1 atom stereocenters. The zero-order chi connectivity index (χ0) is 23.6. The van der Waals surface area contributed by atoms with E-state index >= 15 is 0 Å². The summed E-state index contributed by atoms with van der Waals surface area (Å²) >= 11 is 0. The van der Waals surface area contributed by atoms with Crippen LogP contribution in [0.5, 0.6) is 11.5 Å². The first-order valence-electron chi connectivity index (χ1n) is 10.9. The predicted octanol–water partition coefficient (Wildman–Crippen LogP) is 3.63. The zero-order valence-corrected chi connectivity index (χ0v) is 19.3. The number of likely N-dealkylation sites (N-methyl/N-ethyl adjacent to an activating group) is 1. The predicted molar refractivity (Wildman–Crippen MR) is 128 cm³/mol. The minimum absolute atomic E-state index is 0.134. The number of methoxy groups -OCH3 is 2. The fraction of sp³-hybridized carbons (Fsp3) is 0.259. The second-order valence-electron chi connectivity index (χ2n) is 7.69. The second-order valence-corrected chi connectivity index (χ2v) is 7.69. The molecule has 0 saturated heterocycles. The Kier molecular flexibility index (Phi) is 8.47. The Morgan fingerprint density at radius 1 is 0.818 bits per heavy atom. The third kappa shape index (κ3) is 6.35. The number of ether oxygens (including phenoxy) is 2. The Labute approximate surface area is 195 Å². The molecule has 0 heterocycles. The third-order valence-corrected chi connectivity index (χ3v) is 5.52. The molecule has 3 aromatic carbocycles. The van der Waals surface area contributed by atoms with Crippen LogP contribution in [0.15, 0.2) is 78.9 Å².